The molecule has 0 saturated carbocycles. The summed E-state index contributed by atoms with van der Waals surface area (Å²) in [5.41, 5.74) is 1.70. The number of guanidine groups is 1. The summed E-state index contributed by atoms with van der Waals surface area (Å²) in [5, 5.41) is 18.3. The number of carbonyl (C=O) groups excluding carboxylic acids is 1. The molecule has 0 bridgehead atoms. The van der Waals surface area contributed by atoms with E-state index in [0.29, 0.717) is 24.7 Å². The minimum absolute atomic E-state index is 0. The zero-order valence-corrected chi connectivity index (χ0v) is 17.6. The summed E-state index contributed by atoms with van der Waals surface area (Å²) in [6.07, 6.45) is 1.95. The Bertz CT molecular complexity index is 649. The Hall–Kier alpha value is -1.86. The molecule has 1 aromatic carbocycles. The molecule has 1 aliphatic heterocycles. The predicted molar refractivity (Wildman–Crippen MR) is 113 cm³/mol. The average Bonchev–Trinajstić information content (AvgIpc) is 2.66. The number of nitriles is 1. The highest BCUT2D eigenvalue weighted by molar-refractivity contribution is 14.0. The van der Waals surface area contributed by atoms with Crippen molar-refractivity contribution in [2.24, 2.45) is 4.99 Å². The zero-order chi connectivity index (χ0) is 18.1. The number of aliphatic imine (C=N–C) groups is 1. The fourth-order valence-electron chi connectivity index (χ4n) is 2.84. The van der Waals surface area contributed by atoms with E-state index < -0.39 is 0 Å². The predicted octanol–water partition coefficient (Wildman–Crippen LogP) is 1.05. The van der Waals surface area contributed by atoms with Crippen molar-refractivity contribution in [1.29, 1.82) is 5.26 Å². The molecular formula is C18H27IN6O. The molecule has 0 atom stereocenters. The van der Waals surface area contributed by atoms with Crippen LogP contribution in [0.1, 0.15) is 24.0 Å². The van der Waals surface area contributed by atoms with Gasteiger partial charge in [-0.3, -0.25) is 14.7 Å². The Balaban J connectivity index is 0.00000338. The molecule has 0 spiro atoms. The van der Waals surface area contributed by atoms with Gasteiger partial charge in [0.05, 0.1) is 18.2 Å². The third kappa shape index (κ3) is 7.17. The van der Waals surface area contributed by atoms with Gasteiger partial charge in [-0.15, -0.1) is 24.0 Å². The first-order valence-corrected chi connectivity index (χ1v) is 8.53. The van der Waals surface area contributed by atoms with E-state index in [1.54, 1.807) is 20.2 Å². The second-order valence-corrected chi connectivity index (χ2v) is 6.11. The number of nitrogens with one attached hydrogen (secondary N) is 3. The van der Waals surface area contributed by atoms with Crippen molar-refractivity contribution < 1.29 is 4.79 Å². The number of hydrogen-bond donors (Lipinski definition) is 3. The minimum atomic E-state index is 0. The van der Waals surface area contributed by atoms with Gasteiger partial charge < -0.3 is 16.0 Å². The number of halogens is 1. The summed E-state index contributed by atoms with van der Waals surface area (Å²) in [7, 11) is 3.42. The van der Waals surface area contributed by atoms with Crippen LogP contribution in [0.15, 0.2) is 29.3 Å². The van der Waals surface area contributed by atoms with Crippen molar-refractivity contribution in [3.8, 4) is 6.07 Å². The third-order valence-corrected chi connectivity index (χ3v) is 4.31. The number of nitrogens with zero attached hydrogens (tertiary/aromatic N) is 3. The van der Waals surface area contributed by atoms with Crippen LogP contribution in [0.4, 0.5) is 0 Å². The Morgan fingerprint density at radius 2 is 2.12 bits per heavy atom. The van der Waals surface area contributed by atoms with E-state index in [0.717, 1.165) is 37.5 Å². The van der Waals surface area contributed by atoms with E-state index in [1.807, 2.05) is 18.2 Å². The maximum absolute atomic E-state index is 11.4. The van der Waals surface area contributed by atoms with Crippen LogP contribution in [0, 0.1) is 11.3 Å². The number of amides is 1. The van der Waals surface area contributed by atoms with Crippen molar-refractivity contribution in [2.45, 2.75) is 25.4 Å². The molecule has 0 aromatic heterocycles. The third-order valence-electron chi connectivity index (χ3n) is 4.31. The summed E-state index contributed by atoms with van der Waals surface area (Å²) in [6.45, 7) is 2.87. The van der Waals surface area contributed by atoms with Crippen LogP contribution in [0.25, 0.3) is 0 Å². The molecule has 1 aliphatic rings. The van der Waals surface area contributed by atoms with Crippen LogP contribution in [-0.4, -0.2) is 56.5 Å². The summed E-state index contributed by atoms with van der Waals surface area (Å²) >= 11 is 0. The highest BCUT2D eigenvalue weighted by atomic mass is 127. The molecule has 8 heteroatoms. The summed E-state index contributed by atoms with van der Waals surface area (Å²) in [6, 6.07) is 10.0. The lowest BCUT2D eigenvalue weighted by Gasteiger charge is -2.32. The van der Waals surface area contributed by atoms with Crippen molar-refractivity contribution in [1.82, 2.24) is 20.9 Å². The topological polar surface area (TPSA) is 92.6 Å². The quantitative estimate of drug-likeness (QED) is 0.340. The Kier molecular flexibility index (Phi) is 9.98. The molecule has 1 aromatic rings. The molecule has 26 heavy (non-hydrogen) atoms. The SMILES string of the molecule is CN=C(NCc1cccc(C#N)c1)NC1CCN(CC(=O)NC)CC1.I. The second kappa shape index (κ2) is 11.7. The fourth-order valence-corrected chi connectivity index (χ4v) is 2.84. The van der Waals surface area contributed by atoms with E-state index in [2.05, 4.69) is 31.9 Å². The number of piperidine rings is 1. The fraction of sp³-hybridized carbons (Fsp3) is 0.500. The van der Waals surface area contributed by atoms with Crippen LogP contribution in [0.5, 0.6) is 0 Å². The van der Waals surface area contributed by atoms with Crippen LogP contribution in [-0.2, 0) is 11.3 Å². The standard InChI is InChI=1S/C18H26N6O.HI/c1-20-17(25)13-24-8-6-16(7-9-24)23-18(21-2)22-12-15-5-3-4-14(10-15)11-19;/h3-5,10,16H,6-9,12-13H2,1-2H3,(H,20,25)(H2,21,22,23);1H. The largest absolute Gasteiger partial charge is 0.358 e. The van der Waals surface area contributed by atoms with Gasteiger partial charge in [0.25, 0.3) is 0 Å². The Morgan fingerprint density at radius 1 is 1.38 bits per heavy atom. The molecule has 1 fully saturated rings. The lowest BCUT2D eigenvalue weighted by molar-refractivity contribution is -0.122. The van der Waals surface area contributed by atoms with E-state index >= 15 is 0 Å². The maximum atomic E-state index is 11.4. The van der Waals surface area contributed by atoms with Crippen molar-refractivity contribution in [3.63, 3.8) is 0 Å². The summed E-state index contributed by atoms with van der Waals surface area (Å²) in [4.78, 5) is 17.9. The average molecular weight is 470 g/mol. The normalized spacial score (nSPS) is 15.5. The van der Waals surface area contributed by atoms with Gasteiger partial charge in [0.1, 0.15) is 0 Å². The monoisotopic (exact) mass is 470 g/mol. The number of likely N-dealkylation sites (tertiary alicyclic amines) is 1. The number of carbonyl (C=O) groups is 1. The lowest BCUT2D eigenvalue weighted by atomic mass is 10.1. The maximum Gasteiger partial charge on any atom is 0.233 e. The van der Waals surface area contributed by atoms with Gasteiger partial charge in [-0.2, -0.15) is 5.26 Å². The second-order valence-electron chi connectivity index (χ2n) is 6.11. The molecule has 1 amide bonds. The lowest BCUT2D eigenvalue weighted by Crippen LogP contribution is -2.49. The molecule has 1 saturated heterocycles. The molecule has 3 N–H and O–H groups in total. The van der Waals surface area contributed by atoms with E-state index in [4.69, 9.17) is 5.26 Å². The van der Waals surface area contributed by atoms with Gasteiger partial charge in [0.2, 0.25) is 5.91 Å². The first-order valence-electron chi connectivity index (χ1n) is 8.53. The molecule has 7 nitrogen and oxygen atoms in total. The molecule has 0 unspecified atom stereocenters. The molecular weight excluding hydrogens is 443 g/mol. The van der Waals surface area contributed by atoms with E-state index in [1.165, 1.54) is 0 Å². The number of hydrogen-bond acceptors (Lipinski definition) is 4. The number of likely N-dealkylation sites (N-methyl/N-ethyl adjacent to an activating group) is 1. The van der Waals surface area contributed by atoms with Crippen LogP contribution < -0.4 is 16.0 Å². The van der Waals surface area contributed by atoms with Crippen LogP contribution >= 0.6 is 24.0 Å². The highest BCUT2D eigenvalue weighted by Crippen LogP contribution is 2.10. The van der Waals surface area contributed by atoms with Gasteiger partial charge in [0.15, 0.2) is 5.96 Å². The summed E-state index contributed by atoms with van der Waals surface area (Å²) in [5.74, 6) is 0.815. The molecule has 142 valence electrons. The molecule has 2 rings (SSSR count). The zero-order valence-electron chi connectivity index (χ0n) is 15.3. The van der Waals surface area contributed by atoms with Gasteiger partial charge in [-0.25, -0.2) is 0 Å². The van der Waals surface area contributed by atoms with Crippen LogP contribution in [0.2, 0.25) is 0 Å². The number of benzene rings is 1. The van der Waals surface area contributed by atoms with Crippen LogP contribution in [0.3, 0.4) is 0 Å². The highest BCUT2D eigenvalue weighted by Gasteiger charge is 2.21. The Labute approximate surface area is 172 Å². The van der Waals surface area contributed by atoms with Gasteiger partial charge in [-0.05, 0) is 30.5 Å². The van der Waals surface area contributed by atoms with Crippen molar-refractivity contribution in [3.05, 3.63) is 35.4 Å². The Morgan fingerprint density at radius 3 is 2.73 bits per heavy atom. The van der Waals surface area contributed by atoms with Crippen molar-refractivity contribution in [2.75, 3.05) is 33.7 Å². The van der Waals surface area contributed by atoms with Crippen molar-refractivity contribution >= 4 is 35.8 Å². The van der Waals surface area contributed by atoms with Gasteiger partial charge >= 0.3 is 0 Å². The minimum Gasteiger partial charge on any atom is -0.358 e. The molecule has 0 aliphatic carbocycles. The van der Waals surface area contributed by atoms with Gasteiger partial charge in [-0.1, -0.05) is 12.1 Å². The number of rotatable bonds is 5. The molecule has 0 radical (unpaired) electrons. The summed E-state index contributed by atoms with van der Waals surface area (Å²) < 4.78 is 0. The van der Waals surface area contributed by atoms with E-state index in [-0.39, 0.29) is 29.9 Å². The van der Waals surface area contributed by atoms with Gasteiger partial charge in [0, 0.05) is 39.8 Å². The smallest absolute Gasteiger partial charge is 0.233 e. The first kappa shape index (κ1) is 22.2. The van der Waals surface area contributed by atoms with E-state index in [9.17, 15) is 4.79 Å². The molecule has 1 heterocycles. The first-order chi connectivity index (χ1) is 12.1.